The lowest BCUT2D eigenvalue weighted by atomic mass is 10.1. The summed E-state index contributed by atoms with van der Waals surface area (Å²) in [6.07, 6.45) is 3.58. The molecule has 7 nitrogen and oxygen atoms in total. The number of anilines is 2. The molecule has 4 rings (SSSR count). The largest absolute Gasteiger partial charge is 0.320 e. The van der Waals surface area contributed by atoms with Gasteiger partial charge in [0.15, 0.2) is 0 Å². The fraction of sp³-hybridized carbons (Fsp3) is 0.0435. The fourth-order valence-electron chi connectivity index (χ4n) is 3.02. The first-order chi connectivity index (χ1) is 15.0. The highest BCUT2D eigenvalue weighted by molar-refractivity contribution is 7.92. The Balaban J connectivity index is 1.49. The molecular weight excluding hydrogens is 412 g/mol. The Morgan fingerprint density at radius 1 is 0.839 bits per heavy atom. The molecule has 0 spiro atoms. The Hall–Kier alpha value is -3.91. The van der Waals surface area contributed by atoms with Crippen LogP contribution in [0.4, 0.5) is 11.4 Å². The van der Waals surface area contributed by atoms with Gasteiger partial charge in [0.2, 0.25) is 0 Å². The molecule has 1 amide bonds. The molecule has 0 saturated heterocycles. The van der Waals surface area contributed by atoms with Gasteiger partial charge in [-0.1, -0.05) is 42.5 Å². The van der Waals surface area contributed by atoms with Gasteiger partial charge < -0.3 is 5.32 Å². The number of sulfonamides is 1. The van der Waals surface area contributed by atoms with Crippen LogP contribution < -0.4 is 10.0 Å². The molecule has 0 atom stereocenters. The highest BCUT2D eigenvalue weighted by Gasteiger charge is 2.16. The van der Waals surface area contributed by atoms with E-state index in [0.717, 1.165) is 5.56 Å². The van der Waals surface area contributed by atoms with Gasteiger partial charge in [0.25, 0.3) is 15.9 Å². The zero-order valence-corrected chi connectivity index (χ0v) is 17.3. The molecule has 0 aliphatic heterocycles. The van der Waals surface area contributed by atoms with Gasteiger partial charge in [0.1, 0.15) is 0 Å². The van der Waals surface area contributed by atoms with Gasteiger partial charge in [-0.05, 0) is 48.0 Å². The van der Waals surface area contributed by atoms with Crippen LogP contribution in [0.1, 0.15) is 15.9 Å². The van der Waals surface area contributed by atoms with Crippen LogP contribution in [0.2, 0.25) is 0 Å². The normalized spacial score (nSPS) is 11.1. The topological polar surface area (TPSA) is 93.1 Å². The number of para-hydroxylation sites is 2. The standard InChI is InChI=1S/C23H20N4O3S/c28-23(19-13-11-18(12-14-19)17-27-16-6-15-24-27)25-21-9-4-5-10-22(21)26-31(29,30)20-7-2-1-3-8-20/h1-16,26H,17H2,(H,25,28). The highest BCUT2D eigenvalue weighted by atomic mass is 32.2. The number of aromatic nitrogens is 2. The van der Waals surface area contributed by atoms with Crippen LogP contribution in [0.15, 0.2) is 102 Å². The minimum Gasteiger partial charge on any atom is -0.320 e. The fourth-order valence-corrected chi connectivity index (χ4v) is 4.12. The third-order valence-corrected chi connectivity index (χ3v) is 5.97. The number of nitrogens with zero attached hydrogens (tertiary/aromatic N) is 2. The Labute approximate surface area is 180 Å². The van der Waals surface area contributed by atoms with Crippen molar-refractivity contribution in [3.8, 4) is 0 Å². The first kappa shape index (κ1) is 20.4. The minimum atomic E-state index is -3.78. The van der Waals surface area contributed by atoms with Crippen LogP contribution in [-0.2, 0) is 16.6 Å². The number of carbonyl (C=O) groups excluding carboxylic acids is 1. The van der Waals surface area contributed by atoms with E-state index in [-0.39, 0.29) is 16.5 Å². The molecule has 1 heterocycles. The third-order valence-electron chi connectivity index (χ3n) is 4.59. The van der Waals surface area contributed by atoms with E-state index in [1.54, 1.807) is 65.5 Å². The number of hydrogen-bond acceptors (Lipinski definition) is 4. The van der Waals surface area contributed by atoms with Crippen molar-refractivity contribution in [1.82, 2.24) is 9.78 Å². The average Bonchev–Trinajstić information content (AvgIpc) is 3.29. The van der Waals surface area contributed by atoms with Crippen molar-refractivity contribution in [3.63, 3.8) is 0 Å². The predicted molar refractivity (Wildman–Crippen MR) is 119 cm³/mol. The second-order valence-electron chi connectivity index (χ2n) is 6.82. The van der Waals surface area contributed by atoms with E-state index < -0.39 is 10.0 Å². The van der Waals surface area contributed by atoms with Crippen LogP contribution in [0.5, 0.6) is 0 Å². The van der Waals surface area contributed by atoms with Gasteiger partial charge in [0, 0.05) is 18.0 Å². The lowest BCUT2D eigenvalue weighted by Gasteiger charge is -2.14. The molecule has 0 fully saturated rings. The van der Waals surface area contributed by atoms with Gasteiger partial charge in [-0.15, -0.1) is 0 Å². The molecule has 0 radical (unpaired) electrons. The van der Waals surface area contributed by atoms with Crippen LogP contribution in [0.25, 0.3) is 0 Å². The monoisotopic (exact) mass is 432 g/mol. The maximum atomic E-state index is 12.7. The molecule has 0 saturated carbocycles. The maximum absolute atomic E-state index is 12.7. The van der Waals surface area contributed by atoms with Crippen molar-refractivity contribution in [2.75, 3.05) is 10.0 Å². The first-order valence-electron chi connectivity index (χ1n) is 9.56. The number of benzene rings is 3. The van der Waals surface area contributed by atoms with Crippen LogP contribution in [0, 0.1) is 0 Å². The number of rotatable bonds is 7. The van der Waals surface area contributed by atoms with E-state index >= 15 is 0 Å². The SMILES string of the molecule is O=C(Nc1ccccc1NS(=O)(=O)c1ccccc1)c1ccc(Cn2cccn2)cc1. The van der Waals surface area contributed by atoms with E-state index in [1.807, 2.05) is 24.4 Å². The molecule has 0 aliphatic rings. The van der Waals surface area contributed by atoms with Gasteiger partial charge in [-0.25, -0.2) is 8.42 Å². The van der Waals surface area contributed by atoms with Crippen LogP contribution in [0.3, 0.4) is 0 Å². The number of nitrogens with one attached hydrogen (secondary N) is 2. The average molecular weight is 433 g/mol. The number of carbonyl (C=O) groups is 1. The van der Waals surface area contributed by atoms with Crippen molar-refractivity contribution in [2.45, 2.75) is 11.4 Å². The molecule has 0 unspecified atom stereocenters. The zero-order valence-electron chi connectivity index (χ0n) is 16.5. The minimum absolute atomic E-state index is 0.143. The molecular formula is C23H20N4O3S. The van der Waals surface area contributed by atoms with Crippen molar-refractivity contribution >= 4 is 27.3 Å². The molecule has 1 aromatic heterocycles. The van der Waals surface area contributed by atoms with E-state index in [0.29, 0.717) is 17.8 Å². The smallest absolute Gasteiger partial charge is 0.261 e. The molecule has 31 heavy (non-hydrogen) atoms. The highest BCUT2D eigenvalue weighted by Crippen LogP contribution is 2.25. The third kappa shape index (κ3) is 4.99. The molecule has 8 heteroatoms. The molecule has 0 aliphatic carbocycles. The lowest BCUT2D eigenvalue weighted by molar-refractivity contribution is 0.102. The summed E-state index contributed by atoms with van der Waals surface area (Å²) >= 11 is 0. The van der Waals surface area contributed by atoms with E-state index in [9.17, 15) is 13.2 Å². The summed E-state index contributed by atoms with van der Waals surface area (Å²) < 4.78 is 29.6. The molecule has 4 aromatic rings. The second kappa shape index (κ2) is 8.85. The molecule has 0 bridgehead atoms. The van der Waals surface area contributed by atoms with Crippen molar-refractivity contribution in [3.05, 3.63) is 108 Å². The van der Waals surface area contributed by atoms with Gasteiger partial charge in [0.05, 0.1) is 22.8 Å². The van der Waals surface area contributed by atoms with Crippen LogP contribution in [-0.4, -0.2) is 24.1 Å². The summed E-state index contributed by atoms with van der Waals surface area (Å²) in [5.41, 5.74) is 2.13. The molecule has 156 valence electrons. The Bertz CT molecular complexity index is 1270. The summed E-state index contributed by atoms with van der Waals surface area (Å²) in [4.78, 5) is 12.9. The lowest BCUT2D eigenvalue weighted by Crippen LogP contribution is -2.17. The quantitative estimate of drug-likeness (QED) is 0.462. The second-order valence-corrected chi connectivity index (χ2v) is 8.50. The van der Waals surface area contributed by atoms with E-state index in [1.165, 1.54) is 12.1 Å². The summed E-state index contributed by atoms with van der Waals surface area (Å²) in [5.74, 6) is -0.336. The van der Waals surface area contributed by atoms with Gasteiger partial charge >= 0.3 is 0 Å². The summed E-state index contributed by atoms with van der Waals surface area (Å²) in [7, 11) is -3.78. The van der Waals surface area contributed by atoms with E-state index in [4.69, 9.17) is 0 Å². The maximum Gasteiger partial charge on any atom is 0.261 e. The summed E-state index contributed by atoms with van der Waals surface area (Å²) in [6, 6.07) is 23.8. The molecule has 3 aromatic carbocycles. The van der Waals surface area contributed by atoms with Gasteiger partial charge in [-0.3, -0.25) is 14.2 Å². The first-order valence-corrected chi connectivity index (χ1v) is 11.0. The Morgan fingerprint density at radius 3 is 2.19 bits per heavy atom. The predicted octanol–water partition coefficient (Wildman–Crippen LogP) is 3.98. The van der Waals surface area contributed by atoms with Crippen molar-refractivity contribution in [2.24, 2.45) is 0 Å². The van der Waals surface area contributed by atoms with Crippen molar-refractivity contribution in [1.29, 1.82) is 0 Å². The Kier molecular flexibility index (Phi) is 5.81. The van der Waals surface area contributed by atoms with Crippen molar-refractivity contribution < 1.29 is 13.2 Å². The summed E-state index contributed by atoms with van der Waals surface area (Å²) in [5, 5.41) is 6.95. The Morgan fingerprint density at radius 2 is 1.52 bits per heavy atom. The summed E-state index contributed by atoms with van der Waals surface area (Å²) in [6.45, 7) is 0.610. The number of hydrogen-bond donors (Lipinski definition) is 2. The zero-order chi connectivity index (χ0) is 21.7. The van der Waals surface area contributed by atoms with E-state index in [2.05, 4.69) is 15.1 Å². The van der Waals surface area contributed by atoms with Gasteiger partial charge in [-0.2, -0.15) is 5.10 Å². The molecule has 2 N–H and O–H groups in total. The number of amides is 1. The van der Waals surface area contributed by atoms with Crippen LogP contribution >= 0.6 is 0 Å².